The fourth-order valence-electron chi connectivity index (χ4n) is 1.31. The van der Waals surface area contributed by atoms with Crippen LogP contribution in [0.2, 0.25) is 0 Å². The molecule has 0 aromatic carbocycles. The Kier molecular flexibility index (Phi) is 3.83. The number of hydrogen-bond acceptors (Lipinski definition) is 7. The Labute approximate surface area is 109 Å². The predicted octanol–water partition coefficient (Wildman–Crippen LogP) is 1.96. The number of aromatic nitrogens is 3. The van der Waals surface area contributed by atoms with Crippen LogP contribution in [0.25, 0.3) is 0 Å². The van der Waals surface area contributed by atoms with Crippen molar-refractivity contribution in [3.05, 3.63) is 23.3 Å². The van der Waals surface area contributed by atoms with E-state index >= 15 is 0 Å². The molecule has 18 heavy (non-hydrogen) atoms. The lowest BCUT2D eigenvalue weighted by Crippen LogP contribution is -2.01. The van der Waals surface area contributed by atoms with Gasteiger partial charge in [-0.2, -0.15) is 0 Å². The van der Waals surface area contributed by atoms with Crippen LogP contribution in [-0.4, -0.2) is 22.1 Å². The summed E-state index contributed by atoms with van der Waals surface area (Å²) in [6.07, 6.45) is 0. The molecule has 2 N–H and O–H groups in total. The van der Waals surface area contributed by atoms with Crippen molar-refractivity contribution in [3.63, 3.8) is 0 Å². The summed E-state index contributed by atoms with van der Waals surface area (Å²) in [7, 11) is 1.58. The quantitative estimate of drug-likeness (QED) is 0.846. The average molecular weight is 266 g/mol. The molecule has 0 fully saturated rings. The second kappa shape index (κ2) is 5.36. The number of nitrogen functional groups attached to an aromatic ring is 1. The predicted molar refractivity (Wildman–Crippen MR) is 67.3 cm³/mol. The molecule has 0 radical (unpaired) electrons. The van der Waals surface area contributed by atoms with Crippen LogP contribution in [0.15, 0.2) is 20.7 Å². The van der Waals surface area contributed by atoms with Crippen molar-refractivity contribution < 1.29 is 9.15 Å². The highest BCUT2D eigenvalue weighted by atomic mass is 32.2. The molecule has 7 heteroatoms. The number of aryl methyl sites for hydroxylation is 2. The number of ether oxygens (including phenoxy) is 1. The van der Waals surface area contributed by atoms with E-state index in [9.17, 15) is 0 Å². The second-order valence-electron chi connectivity index (χ2n) is 3.70. The summed E-state index contributed by atoms with van der Waals surface area (Å²) in [5.74, 6) is 1.75. The van der Waals surface area contributed by atoms with Gasteiger partial charge in [0.15, 0.2) is 5.82 Å². The van der Waals surface area contributed by atoms with Gasteiger partial charge in [-0.15, -0.1) is 0 Å². The third-order valence-electron chi connectivity index (χ3n) is 2.24. The molecule has 96 valence electrons. The van der Waals surface area contributed by atoms with Crippen molar-refractivity contribution in [2.45, 2.75) is 30.7 Å². The number of hydrogen-bond donors (Lipinski definition) is 1. The Hall–Kier alpha value is -1.60. The minimum absolute atomic E-state index is 0.322. The Morgan fingerprint density at radius 2 is 2.11 bits per heavy atom. The molecule has 0 atom stereocenters. The van der Waals surface area contributed by atoms with Gasteiger partial charge < -0.3 is 14.9 Å². The third kappa shape index (κ3) is 2.99. The molecule has 0 unspecified atom stereocenters. The van der Waals surface area contributed by atoms with Crippen molar-refractivity contribution >= 4 is 17.6 Å². The van der Waals surface area contributed by atoms with Gasteiger partial charge in [-0.3, -0.25) is 0 Å². The summed E-state index contributed by atoms with van der Waals surface area (Å²) in [6.45, 7) is 4.09. The highest BCUT2D eigenvalue weighted by molar-refractivity contribution is 7.99. The molecule has 0 saturated carbocycles. The normalized spacial score (nSPS) is 10.8. The molecule has 0 aliphatic heterocycles. The summed E-state index contributed by atoms with van der Waals surface area (Å²) in [6, 6.07) is 1.68. The standard InChI is InChI=1S/C11H14N4O2S/c1-6-7(2)17-11(13-6)18-10-4-8(12)14-9(15-10)5-16-3/h4H,5H2,1-3H3,(H2,12,14,15). The van der Waals surface area contributed by atoms with E-state index in [1.165, 1.54) is 11.8 Å². The van der Waals surface area contributed by atoms with E-state index < -0.39 is 0 Å². The maximum Gasteiger partial charge on any atom is 0.262 e. The summed E-state index contributed by atoms with van der Waals surface area (Å²) < 4.78 is 10.5. The van der Waals surface area contributed by atoms with Gasteiger partial charge in [0, 0.05) is 13.2 Å². The molecule has 0 spiro atoms. The minimum Gasteiger partial charge on any atom is -0.436 e. The Morgan fingerprint density at radius 3 is 2.72 bits per heavy atom. The smallest absolute Gasteiger partial charge is 0.262 e. The molecule has 2 aromatic heterocycles. The number of methoxy groups -OCH3 is 1. The number of nitrogens with two attached hydrogens (primary N) is 1. The molecule has 2 rings (SSSR count). The van der Waals surface area contributed by atoms with Gasteiger partial charge in [0.25, 0.3) is 5.22 Å². The molecule has 0 aliphatic carbocycles. The van der Waals surface area contributed by atoms with Gasteiger partial charge in [0.2, 0.25) is 0 Å². The zero-order chi connectivity index (χ0) is 13.1. The average Bonchev–Trinajstić information content (AvgIpc) is 2.57. The first-order valence-electron chi connectivity index (χ1n) is 5.32. The van der Waals surface area contributed by atoms with Crippen molar-refractivity contribution in [1.29, 1.82) is 0 Å². The highest BCUT2D eigenvalue weighted by Gasteiger charge is 2.10. The van der Waals surface area contributed by atoms with Crippen LogP contribution in [0, 0.1) is 13.8 Å². The first-order chi connectivity index (χ1) is 8.58. The molecule has 2 aromatic rings. The van der Waals surface area contributed by atoms with E-state index in [1.54, 1.807) is 13.2 Å². The lowest BCUT2D eigenvalue weighted by molar-refractivity contribution is 0.177. The van der Waals surface area contributed by atoms with Crippen LogP contribution >= 0.6 is 11.8 Å². The van der Waals surface area contributed by atoms with Crippen molar-refractivity contribution in [3.8, 4) is 0 Å². The Balaban J connectivity index is 2.22. The first-order valence-corrected chi connectivity index (χ1v) is 6.14. The van der Waals surface area contributed by atoms with Crippen LogP contribution < -0.4 is 5.73 Å². The van der Waals surface area contributed by atoms with Gasteiger partial charge in [-0.25, -0.2) is 15.0 Å². The number of nitrogens with zero attached hydrogens (tertiary/aromatic N) is 3. The summed E-state index contributed by atoms with van der Waals surface area (Å²) in [4.78, 5) is 12.6. The van der Waals surface area contributed by atoms with Gasteiger partial charge in [0.05, 0.1) is 5.69 Å². The Morgan fingerprint density at radius 1 is 1.33 bits per heavy atom. The van der Waals surface area contributed by atoms with Crippen LogP contribution in [0.3, 0.4) is 0 Å². The number of anilines is 1. The van der Waals surface area contributed by atoms with E-state index in [0.29, 0.717) is 28.5 Å². The van der Waals surface area contributed by atoms with Crippen molar-refractivity contribution in [1.82, 2.24) is 15.0 Å². The third-order valence-corrected chi connectivity index (χ3v) is 3.01. The lowest BCUT2D eigenvalue weighted by atomic mass is 10.4. The summed E-state index contributed by atoms with van der Waals surface area (Å²) in [5.41, 5.74) is 6.58. The first kappa shape index (κ1) is 12.8. The molecular weight excluding hydrogens is 252 g/mol. The maximum atomic E-state index is 5.71. The zero-order valence-electron chi connectivity index (χ0n) is 10.4. The fraction of sp³-hybridized carbons (Fsp3) is 0.364. The van der Waals surface area contributed by atoms with E-state index in [-0.39, 0.29) is 0 Å². The SMILES string of the molecule is COCc1nc(N)cc(Sc2nc(C)c(C)o2)n1. The summed E-state index contributed by atoms with van der Waals surface area (Å²) >= 11 is 1.31. The monoisotopic (exact) mass is 266 g/mol. The topological polar surface area (TPSA) is 87.1 Å². The van der Waals surface area contributed by atoms with Crippen LogP contribution in [-0.2, 0) is 11.3 Å². The van der Waals surface area contributed by atoms with Crippen LogP contribution in [0.5, 0.6) is 0 Å². The van der Waals surface area contributed by atoms with Crippen molar-refractivity contribution in [2.24, 2.45) is 0 Å². The van der Waals surface area contributed by atoms with E-state index in [0.717, 1.165) is 11.5 Å². The summed E-state index contributed by atoms with van der Waals surface area (Å²) in [5, 5.41) is 1.24. The largest absolute Gasteiger partial charge is 0.436 e. The molecule has 0 aliphatic rings. The van der Waals surface area contributed by atoms with Crippen molar-refractivity contribution in [2.75, 3.05) is 12.8 Å². The van der Waals surface area contributed by atoms with E-state index in [2.05, 4.69) is 15.0 Å². The zero-order valence-corrected chi connectivity index (χ0v) is 11.2. The number of oxazole rings is 1. The molecule has 2 heterocycles. The van der Waals surface area contributed by atoms with Gasteiger partial charge >= 0.3 is 0 Å². The van der Waals surface area contributed by atoms with E-state index in [4.69, 9.17) is 14.9 Å². The Bertz CT molecular complexity index is 536. The molecule has 0 amide bonds. The minimum atomic E-state index is 0.322. The van der Waals surface area contributed by atoms with Crippen LogP contribution in [0.4, 0.5) is 5.82 Å². The van der Waals surface area contributed by atoms with Gasteiger partial charge in [0.1, 0.15) is 23.2 Å². The van der Waals surface area contributed by atoms with Gasteiger partial charge in [-0.05, 0) is 25.6 Å². The van der Waals surface area contributed by atoms with Crippen LogP contribution in [0.1, 0.15) is 17.3 Å². The lowest BCUT2D eigenvalue weighted by Gasteiger charge is -2.02. The molecular formula is C11H14N4O2S. The molecule has 6 nitrogen and oxygen atoms in total. The fourth-order valence-corrected chi connectivity index (χ4v) is 2.17. The maximum absolute atomic E-state index is 5.71. The molecule has 0 saturated heterocycles. The second-order valence-corrected chi connectivity index (χ2v) is 4.68. The highest BCUT2D eigenvalue weighted by Crippen LogP contribution is 2.27. The number of rotatable bonds is 4. The van der Waals surface area contributed by atoms with Gasteiger partial charge in [-0.1, -0.05) is 0 Å². The molecule has 0 bridgehead atoms. The van der Waals surface area contributed by atoms with E-state index in [1.807, 2.05) is 13.8 Å².